The molecule has 1 atom stereocenters. The van der Waals surface area contributed by atoms with E-state index in [-0.39, 0.29) is 35.3 Å². The topological polar surface area (TPSA) is 104 Å². The van der Waals surface area contributed by atoms with Gasteiger partial charge < -0.3 is 10.4 Å². The van der Waals surface area contributed by atoms with Crippen LogP contribution in [0.25, 0.3) is 0 Å². The second-order valence-electron chi connectivity index (χ2n) is 9.14. The molecule has 34 heavy (non-hydrogen) atoms. The fourth-order valence-corrected chi connectivity index (χ4v) is 5.94. The SMILES string of the molecule is O=C(CCCCCN1C(=O)CC(Sc2ccc(CBr)cc2)C1=O)NCC1CCC(C(=O)O)CC1. The number of thioether (sulfide) groups is 1. The number of hydrogen-bond acceptors (Lipinski definition) is 5. The molecule has 1 aliphatic carbocycles. The van der Waals surface area contributed by atoms with E-state index in [4.69, 9.17) is 5.11 Å². The van der Waals surface area contributed by atoms with Crippen LogP contribution in [0.15, 0.2) is 29.2 Å². The van der Waals surface area contributed by atoms with Gasteiger partial charge >= 0.3 is 5.97 Å². The fourth-order valence-electron chi connectivity index (χ4n) is 4.49. The molecule has 0 aromatic heterocycles. The van der Waals surface area contributed by atoms with Crippen LogP contribution in [0.5, 0.6) is 0 Å². The third kappa shape index (κ3) is 7.83. The molecule has 0 bridgehead atoms. The lowest BCUT2D eigenvalue weighted by Crippen LogP contribution is -2.32. The number of likely N-dealkylation sites (tertiary alicyclic amines) is 1. The van der Waals surface area contributed by atoms with Crippen molar-refractivity contribution in [2.45, 2.75) is 73.3 Å². The van der Waals surface area contributed by atoms with Crippen LogP contribution >= 0.6 is 27.7 Å². The Morgan fingerprint density at radius 1 is 1.06 bits per heavy atom. The van der Waals surface area contributed by atoms with E-state index < -0.39 is 5.97 Å². The highest BCUT2D eigenvalue weighted by molar-refractivity contribution is 9.08. The summed E-state index contributed by atoms with van der Waals surface area (Å²) in [5, 5.41) is 12.4. The van der Waals surface area contributed by atoms with Crippen molar-refractivity contribution in [3.8, 4) is 0 Å². The molecule has 1 aromatic carbocycles. The van der Waals surface area contributed by atoms with Crippen LogP contribution < -0.4 is 5.32 Å². The normalized spacial score (nSPS) is 22.7. The number of imide groups is 1. The molecule has 1 aliphatic heterocycles. The summed E-state index contributed by atoms with van der Waals surface area (Å²) in [6.07, 6.45) is 5.91. The highest BCUT2D eigenvalue weighted by Gasteiger charge is 2.38. The van der Waals surface area contributed by atoms with Crippen LogP contribution in [0.1, 0.15) is 63.4 Å². The molecule has 2 aliphatic rings. The summed E-state index contributed by atoms with van der Waals surface area (Å²) >= 11 is 4.86. The van der Waals surface area contributed by atoms with Gasteiger partial charge in [0.2, 0.25) is 17.7 Å². The summed E-state index contributed by atoms with van der Waals surface area (Å²) in [6, 6.07) is 7.98. The molecule has 3 amide bonds. The molecule has 0 radical (unpaired) electrons. The Morgan fingerprint density at radius 2 is 1.76 bits per heavy atom. The lowest BCUT2D eigenvalue weighted by Gasteiger charge is -2.26. The molecule has 1 unspecified atom stereocenters. The minimum Gasteiger partial charge on any atom is -0.481 e. The predicted octanol–water partition coefficient (Wildman–Crippen LogP) is 4.37. The Morgan fingerprint density at radius 3 is 2.41 bits per heavy atom. The number of nitrogens with one attached hydrogen (secondary N) is 1. The van der Waals surface area contributed by atoms with E-state index in [9.17, 15) is 19.2 Å². The molecule has 1 saturated carbocycles. The molecular weight excluding hydrogens is 520 g/mol. The molecule has 9 heteroatoms. The number of hydrogen-bond donors (Lipinski definition) is 2. The molecular formula is C25H33BrN2O5S. The van der Waals surface area contributed by atoms with Crippen molar-refractivity contribution in [1.29, 1.82) is 0 Å². The zero-order valence-electron chi connectivity index (χ0n) is 19.3. The number of halogens is 1. The number of alkyl halides is 1. The second kappa shape index (κ2) is 13.3. The summed E-state index contributed by atoms with van der Waals surface area (Å²) in [5.41, 5.74) is 1.16. The Labute approximate surface area is 213 Å². The number of carbonyl (C=O) groups excluding carboxylic acids is 3. The van der Waals surface area contributed by atoms with Crippen molar-refractivity contribution in [3.63, 3.8) is 0 Å². The Balaban J connectivity index is 1.28. The summed E-state index contributed by atoms with van der Waals surface area (Å²) in [7, 11) is 0. The first-order valence-corrected chi connectivity index (χ1v) is 14.0. The smallest absolute Gasteiger partial charge is 0.306 e. The van der Waals surface area contributed by atoms with E-state index in [1.807, 2.05) is 24.3 Å². The van der Waals surface area contributed by atoms with Gasteiger partial charge in [0.1, 0.15) is 0 Å². The number of aliphatic carboxylic acids is 1. The monoisotopic (exact) mass is 552 g/mol. The number of amides is 3. The van der Waals surface area contributed by atoms with E-state index in [0.717, 1.165) is 35.1 Å². The number of nitrogens with zero attached hydrogens (tertiary/aromatic N) is 1. The van der Waals surface area contributed by atoms with Gasteiger partial charge in [0.25, 0.3) is 0 Å². The zero-order chi connectivity index (χ0) is 24.5. The van der Waals surface area contributed by atoms with Gasteiger partial charge in [-0.15, -0.1) is 11.8 Å². The van der Waals surface area contributed by atoms with Gasteiger partial charge in [-0.05, 0) is 62.1 Å². The molecule has 7 nitrogen and oxygen atoms in total. The average Bonchev–Trinajstić information content (AvgIpc) is 3.10. The third-order valence-corrected chi connectivity index (χ3v) is 8.47. The highest BCUT2D eigenvalue weighted by Crippen LogP contribution is 2.32. The standard InChI is InChI=1S/C25H33BrN2O5S/c26-15-17-7-11-20(12-8-17)34-21-14-23(30)28(24(21)31)13-3-1-2-4-22(29)27-16-18-5-9-19(10-6-18)25(32)33/h7-8,11-12,18-19,21H,1-6,9-10,13-16H2,(H,27,29)(H,32,33). The van der Waals surface area contributed by atoms with Gasteiger partial charge in [0.15, 0.2) is 0 Å². The average molecular weight is 554 g/mol. The van der Waals surface area contributed by atoms with Crippen LogP contribution in [-0.4, -0.2) is 52.0 Å². The maximum atomic E-state index is 12.7. The van der Waals surface area contributed by atoms with Crippen molar-refractivity contribution in [1.82, 2.24) is 10.2 Å². The van der Waals surface area contributed by atoms with E-state index in [2.05, 4.69) is 21.2 Å². The van der Waals surface area contributed by atoms with Gasteiger partial charge in [0.05, 0.1) is 11.2 Å². The lowest BCUT2D eigenvalue weighted by atomic mass is 9.82. The van der Waals surface area contributed by atoms with E-state index >= 15 is 0 Å². The lowest BCUT2D eigenvalue weighted by molar-refractivity contribution is -0.143. The van der Waals surface area contributed by atoms with E-state index in [1.165, 1.54) is 16.7 Å². The minimum atomic E-state index is -0.714. The first-order chi connectivity index (χ1) is 16.4. The number of unbranched alkanes of at least 4 members (excludes halogenated alkanes) is 2. The highest BCUT2D eigenvalue weighted by atomic mass is 79.9. The Hall–Kier alpha value is -1.87. The van der Waals surface area contributed by atoms with Crippen molar-refractivity contribution in [2.24, 2.45) is 11.8 Å². The van der Waals surface area contributed by atoms with Crippen molar-refractivity contribution in [2.75, 3.05) is 13.1 Å². The summed E-state index contributed by atoms with van der Waals surface area (Å²) in [4.78, 5) is 50.5. The summed E-state index contributed by atoms with van der Waals surface area (Å²) in [5.74, 6) is -0.809. The Kier molecular flexibility index (Phi) is 10.4. The van der Waals surface area contributed by atoms with Crippen molar-refractivity contribution >= 4 is 51.4 Å². The van der Waals surface area contributed by atoms with Gasteiger partial charge in [-0.1, -0.05) is 34.5 Å². The number of carboxylic acids is 1. The molecule has 0 spiro atoms. The molecule has 1 heterocycles. The zero-order valence-corrected chi connectivity index (χ0v) is 21.7. The second-order valence-corrected chi connectivity index (χ2v) is 11.0. The predicted molar refractivity (Wildman–Crippen MR) is 135 cm³/mol. The van der Waals surface area contributed by atoms with E-state index in [0.29, 0.717) is 51.1 Å². The molecule has 1 aromatic rings. The molecule has 2 fully saturated rings. The molecule has 186 valence electrons. The number of carbonyl (C=O) groups is 4. The first kappa shape index (κ1) is 26.7. The van der Waals surface area contributed by atoms with E-state index in [1.54, 1.807) is 0 Å². The van der Waals surface area contributed by atoms with Gasteiger partial charge in [-0.25, -0.2) is 0 Å². The molecule has 3 rings (SSSR count). The van der Waals surface area contributed by atoms with Gasteiger partial charge in [-0.2, -0.15) is 0 Å². The minimum absolute atomic E-state index is 0.0103. The maximum Gasteiger partial charge on any atom is 0.306 e. The fraction of sp³-hybridized carbons (Fsp3) is 0.600. The molecule has 2 N–H and O–H groups in total. The quantitative estimate of drug-likeness (QED) is 0.226. The molecule has 1 saturated heterocycles. The van der Waals surface area contributed by atoms with Crippen LogP contribution in [-0.2, 0) is 24.5 Å². The summed E-state index contributed by atoms with van der Waals surface area (Å²) in [6.45, 7) is 1.02. The summed E-state index contributed by atoms with van der Waals surface area (Å²) < 4.78 is 0. The van der Waals surface area contributed by atoms with Crippen LogP contribution in [0.3, 0.4) is 0 Å². The number of rotatable bonds is 12. The third-order valence-electron chi connectivity index (χ3n) is 6.63. The number of carboxylic acid groups (broad SMARTS) is 1. The largest absolute Gasteiger partial charge is 0.481 e. The van der Waals surface area contributed by atoms with Crippen LogP contribution in [0.4, 0.5) is 0 Å². The maximum absolute atomic E-state index is 12.7. The van der Waals surface area contributed by atoms with Crippen molar-refractivity contribution in [3.05, 3.63) is 29.8 Å². The Bertz CT molecular complexity index is 871. The van der Waals surface area contributed by atoms with Crippen molar-refractivity contribution < 1.29 is 24.3 Å². The van der Waals surface area contributed by atoms with Crippen LogP contribution in [0.2, 0.25) is 0 Å². The van der Waals surface area contributed by atoms with Crippen LogP contribution in [0, 0.1) is 11.8 Å². The van der Waals surface area contributed by atoms with Gasteiger partial charge in [-0.3, -0.25) is 24.1 Å². The first-order valence-electron chi connectivity index (χ1n) is 12.0. The number of benzene rings is 1. The van der Waals surface area contributed by atoms with Gasteiger partial charge in [0, 0.05) is 36.2 Å².